The van der Waals surface area contributed by atoms with E-state index in [2.05, 4.69) is 20.5 Å². The number of thioether (sulfide) groups is 1. The highest BCUT2D eigenvalue weighted by Gasteiger charge is 2.40. The minimum atomic E-state index is -4.15. The molecule has 0 bridgehead atoms. The van der Waals surface area contributed by atoms with Gasteiger partial charge in [-0.15, -0.1) is 24.0 Å². The Labute approximate surface area is 168 Å². The highest BCUT2D eigenvalue weighted by molar-refractivity contribution is 14.0. The molecular weight excluding hydrogens is 468 g/mol. The molecule has 0 aromatic carbocycles. The predicted molar refractivity (Wildman–Crippen MR) is 107 cm³/mol. The average molecular weight is 496 g/mol. The first kappa shape index (κ1) is 23.1. The SMILES string of the molecule is CCNC(=NCC1(N2CCOCC2)CCSC1)NCCC(F)(F)F.I. The van der Waals surface area contributed by atoms with Crippen molar-refractivity contribution in [3.8, 4) is 0 Å². The van der Waals surface area contributed by atoms with E-state index in [-0.39, 0.29) is 36.1 Å². The molecule has 1 atom stereocenters. The maximum atomic E-state index is 12.3. The summed E-state index contributed by atoms with van der Waals surface area (Å²) in [6.45, 7) is 6.24. The number of nitrogens with zero attached hydrogens (tertiary/aromatic N) is 2. The second-order valence-electron chi connectivity index (χ2n) is 6.11. The Balaban J connectivity index is 0.00000312. The first-order valence-corrected chi connectivity index (χ1v) is 9.60. The normalized spacial score (nSPS) is 25.5. The number of morpholine rings is 1. The fourth-order valence-corrected chi connectivity index (χ4v) is 4.47. The molecule has 148 valence electrons. The van der Waals surface area contributed by atoms with Crippen LogP contribution in [0.1, 0.15) is 19.8 Å². The van der Waals surface area contributed by atoms with Crippen molar-refractivity contribution in [2.75, 3.05) is 57.4 Å². The number of guanidine groups is 1. The molecule has 0 aliphatic carbocycles. The van der Waals surface area contributed by atoms with Crippen LogP contribution in [0.5, 0.6) is 0 Å². The summed E-state index contributed by atoms with van der Waals surface area (Å²) < 4.78 is 42.4. The molecule has 2 rings (SSSR count). The minimum Gasteiger partial charge on any atom is -0.379 e. The molecule has 2 fully saturated rings. The summed E-state index contributed by atoms with van der Waals surface area (Å²) in [4.78, 5) is 7.04. The Morgan fingerprint density at radius 3 is 2.56 bits per heavy atom. The predicted octanol–water partition coefficient (Wildman–Crippen LogP) is 2.32. The highest BCUT2D eigenvalue weighted by Crippen LogP contribution is 2.34. The average Bonchev–Trinajstić information content (AvgIpc) is 3.02. The lowest BCUT2D eigenvalue weighted by atomic mass is 9.96. The van der Waals surface area contributed by atoms with Gasteiger partial charge in [0.25, 0.3) is 0 Å². The molecule has 2 aliphatic rings. The van der Waals surface area contributed by atoms with Crippen molar-refractivity contribution in [1.82, 2.24) is 15.5 Å². The molecule has 0 radical (unpaired) electrons. The van der Waals surface area contributed by atoms with Crippen LogP contribution < -0.4 is 10.6 Å². The Morgan fingerprint density at radius 2 is 2.00 bits per heavy atom. The lowest BCUT2D eigenvalue weighted by Crippen LogP contribution is -2.56. The Bertz CT molecular complexity index is 414. The zero-order chi connectivity index (χ0) is 17.5. The number of aliphatic imine (C=N–C) groups is 1. The molecule has 2 heterocycles. The summed E-state index contributed by atoms with van der Waals surface area (Å²) in [5.74, 6) is 2.58. The molecule has 0 saturated carbocycles. The van der Waals surface area contributed by atoms with Gasteiger partial charge in [0.15, 0.2) is 5.96 Å². The van der Waals surface area contributed by atoms with Gasteiger partial charge in [0, 0.05) is 31.9 Å². The summed E-state index contributed by atoms with van der Waals surface area (Å²) in [5, 5.41) is 5.82. The van der Waals surface area contributed by atoms with Crippen LogP contribution in [0.2, 0.25) is 0 Å². The molecule has 10 heteroatoms. The van der Waals surface area contributed by atoms with E-state index in [0.29, 0.717) is 19.0 Å². The Hall–Kier alpha value is 0.0600. The highest BCUT2D eigenvalue weighted by atomic mass is 127. The lowest BCUT2D eigenvalue weighted by molar-refractivity contribution is -0.132. The largest absolute Gasteiger partial charge is 0.390 e. The van der Waals surface area contributed by atoms with Gasteiger partial charge >= 0.3 is 6.18 Å². The quantitative estimate of drug-likeness (QED) is 0.336. The van der Waals surface area contributed by atoms with Crippen LogP contribution in [0.25, 0.3) is 0 Å². The first-order valence-electron chi connectivity index (χ1n) is 8.45. The topological polar surface area (TPSA) is 48.9 Å². The van der Waals surface area contributed by atoms with Crippen molar-refractivity contribution in [3.63, 3.8) is 0 Å². The van der Waals surface area contributed by atoms with E-state index < -0.39 is 12.6 Å². The monoisotopic (exact) mass is 496 g/mol. The molecular formula is C15H28F3IN4OS. The summed E-state index contributed by atoms with van der Waals surface area (Å²) in [6.07, 6.45) is -3.95. The molecule has 0 spiro atoms. The van der Waals surface area contributed by atoms with Crippen molar-refractivity contribution in [2.24, 2.45) is 4.99 Å². The van der Waals surface area contributed by atoms with Gasteiger partial charge in [-0.2, -0.15) is 24.9 Å². The Morgan fingerprint density at radius 1 is 1.28 bits per heavy atom. The zero-order valence-corrected chi connectivity index (χ0v) is 17.7. The van der Waals surface area contributed by atoms with Crippen molar-refractivity contribution in [2.45, 2.75) is 31.5 Å². The number of ether oxygens (including phenoxy) is 1. The van der Waals surface area contributed by atoms with Gasteiger partial charge in [-0.25, -0.2) is 0 Å². The second-order valence-corrected chi connectivity index (χ2v) is 7.22. The third kappa shape index (κ3) is 7.67. The van der Waals surface area contributed by atoms with Crippen molar-refractivity contribution in [1.29, 1.82) is 0 Å². The van der Waals surface area contributed by atoms with Gasteiger partial charge in [-0.3, -0.25) is 9.89 Å². The van der Waals surface area contributed by atoms with Crippen molar-refractivity contribution in [3.05, 3.63) is 0 Å². The van der Waals surface area contributed by atoms with Crippen LogP contribution in [-0.4, -0.2) is 80.0 Å². The lowest BCUT2D eigenvalue weighted by Gasteiger charge is -2.42. The number of hydrogen-bond acceptors (Lipinski definition) is 4. The fourth-order valence-electron chi connectivity index (χ4n) is 3.00. The van der Waals surface area contributed by atoms with Crippen molar-refractivity contribution < 1.29 is 17.9 Å². The molecule has 2 aliphatic heterocycles. The van der Waals surface area contributed by atoms with Crippen LogP contribution in [0, 0.1) is 0 Å². The van der Waals surface area contributed by atoms with E-state index in [9.17, 15) is 13.2 Å². The van der Waals surface area contributed by atoms with Gasteiger partial charge < -0.3 is 15.4 Å². The molecule has 25 heavy (non-hydrogen) atoms. The van der Waals surface area contributed by atoms with E-state index in [4.69, 9.17) is 4.74 Å². The van der Waals surface area contributed by atoms with E-state index in [0.717, 1.165) is 44.2 Å². The van der Waals surface area contributed by atoms with Gasteiger partial charge in [0.05, 0.1) is 31.7 Å². The zero-order valence-electron chi connectivity index (χ0n) is 14.5. The smallest absolute Gasteiger partial charge is 0.379 e. The maximum Gasteiger partial charge on any atom is 0.390 e. The van der Waals surface area contributed by atoms with Gasteiger partial charge in [-0.05, 0) is 19.1 Å². The Kier molecular flexibility index (Phi) is 10.2. The van der Waals surface area contributed by atoms with E-state index in [1.807, 2.05) is 18.7 Å². The molecule has 0 aromatic rings. The van der Waals surface area contributed by atoms with Crippen LogP contribution in [0.15, 0.2) is 4.99 Å². The van der Waals surface area contributed by atoms with E-state index >= 15 is 0 Å². The number of hydrogen-bond donors (Lipinski definition) is 2. The van der Waals surface area contributed by atoms with Crippen LogP contribution in [0.4, 0.5) is 13.2 Å². The molecule has 0 aromatic heterocycles. The van der Waals surface area contributed by atoms with E-state index in [1.54, 1.807) is 0 Å². The van der Waals surface area contributed by atoms with Crippen LogP contribution in [-0.2, 0) is 4.74 Å². The number of nitrogens with one attached hydrogen (secondary N) is 2. The summed E-state index contributed by atoms with van der Waals surface area (Å²) in [5.41, 5.74) is 0.000819. The standard InChI is InChI=1S/C15H27F3N4OS.HI/c1-2-19-13(20-5-3-15(16,17)18)21-11-14(4-10-24-12-14)22-6-8-23-9-7-22;/h2-12H2,1H3,(H2,19,20,21);1H. The van der Waals surface area contributed by atoms with Crippen LogP contribution >= 0.6 is 35.7 Å². The molecule has 0 amide bonds. The van der Waals surface area contributed by atoms with Crippen molar-refractivity contribution >= 4 is 41.7 Å². The summed E-state index contributed by atoms with van der Waals surface area (Å²) in [6, 6.07) is 0. The van der Waals surface area contributed by atoms with Crippen LogP contribution in [0.3, 0.4) is 0 Å². The number of halogens is 4. The molecule has 2 N–H and O–H groups in total. The minimum absolute atomic E-state index is 0. The fraction of sp³-hybridized carbons (Fsp3) is 0.933. The second kappa shape index (κ2) is 11.0. The molecule has 2 saturated heterocycles. The van der Waals surface area contributed by atoms with E-state index in [1.165, 1.54) is 0 Å². The summed E-state index contributed by atoms with van der Waals surface area (Å²) in [7, 11) is 0. The molecule has 5 nitrogen and oxygen atoms in total. The number of alkyl halides is 3. The summed E-state index contributed by atoms with van der Waals surface area (Å²) >= 11 is 1.92. The number of rotatable bonds is 6. The third-order valence-corrected chi connectivity index (χ3v) is 5.58. The van der Waals surface area contributed by atoms with Gasteiger partial charge in [-0.1, -0.05) is 0 Å². The first-order chi connectivity index (χ1) is 11.5. The third-order valence-electron chi connectivity index (χ3n) is 4.34. The maximum absolute atomic E-state index is 12.3. The molecule has 1 unspecified atom stereocenters. The van der Waals surface area contributed by atoms with Gasteiger partial charge in [0.1, 0.15) is 0 Å². The van der Waals surface area contributed by atoms with Gasteiger partial charge in [0.2, 0.25) is 0 Å².